The number of benzene rings is 8. The molecule has 8 aromatic carbocycles. The molecule has 268 valence electrons. The smallest absolute Gasteiger partial charge is 0.231 e. The SMILES string of the molecule is CC12N=C(n3c4ccccc4c4ccc5c(c43)Sc3ccccc3C53c4ccccc4-c4ccccc43)N=C(c3ccc4ccccc4c3)C1Sc1ccccc12. The van der Waals surface area contributed by atoms with Crippen molar-refractivity contribution in [1.82, 2.24) is 4.57 Å². The molecule has 13 rings (SSSR count). The van der Waals surface area contributed by atoms with Crippen LogP contribution in [0.15, 0.2) is 201 Å². The Bertz CT molecular complexity index is 3250. The average Bonchev–Trinajstić information content (AvgIpc) is 3.87. The number of aromatic nitrogens is 1. The van der Waals surface area contributed by atoms with Crippen LogP contribution in [0.2, 0.25) is 0 Å². The second-order valence-electron chi connectivity index (χ2n) is 15.7. The summed E-state index contributed by atoms with van der Waals surface area (Å²) in [6.45, 7) is 2.32. The van der Waals surface area contributed by atoms with E-state index in [-0.39, 0.29) is 5.25 Å². The van der Waals surface area contributed by atoms with Crippen LogP contribution < -0.4 is 0 Å². The fraction of sp³-hybridized carbons (Fsp3) is 0.0769. The Kier molecular flexibility index (Phi) is 6.44. The summed E-state index contributed by atoms with van der Waals surface area (Å²) < 4.78 is 2.40. The maximum Gasteiger partial charge on any atom is 0.231 e. The van der Waals surface area contributed by atoms with Crippen LogP contribution >= 0.6 is 23.5 Å². The van der Waals surface area contributed by atoms with Crippen molar-refractivity contribution in [3.05, 3.63) is 209 Å². The van der Waals surface area contributed by atoms with Gasteiger partial charge in [-0.05, 0) is 86.5 Å². The first kappa shape index (κ1) is 32.0. The van der Waals surface area contributed by atoms with Gasteiger partial charge in [0.1, 0.15) is 5.54 Å². The number of hydrogen-bond acceptors (Lipinski definition) is 4. The lowest BCUT2D eigenvalue weighted by Crippen LogP contribution is -2.41. The average molecular weight is 764 g/mol. The molecule has 0 N–H and O–H groups in total. The zero-order valence-corrected chi connectivity index (χ0v) is 32.6. The molecule has 3 aliphatic heterocycles. The van der Waals surface area contributed by atoms with E-state index in [1.165, 1.54) is 75.2 Å². The van der Waals surface area contributed by atoms with Gasteiger partial charge in [0.05, 0.1) is 27.4 Å². The van der Waals surface area contributed by atoms with Crippen LogP contribution in [-0.2, 0) is 11.0 Å². The van der Waals surface area contributed by atoms with Crippen LogP contribution in [0, 0.1) is 0 Å². The summed E-state index contributed by atoms with van der Waals surface area (Å²) in [4.78, 5) is 15.3. The number of thioether (sulfide) groups is 1. The normalized spacial score (nSPS) is 19.4. The van der Waals surface area contributed by atoms with E-state index in [4.69, 9.17) is 9.98 Å². The number of nitrogens with zero attached hydrogens (tertiary/aromatic N) is 3. The highest BCUT2D eigenvalue weighted by molar-refractivity contribution is 8.01. The minimum Gasteiger partial charge on any atom is -0.277 e. The summed E-state index contributed by atoms with van der Waals surface area (Å²) in [7, 11) is 0. The predicted octanol–water partition coefficient (Wildman–Crippen LogP) is 12.9. The summed E-state index contributed by atoms with van der Waals surface area (Å²) in [5.74, 6) is 0.731. The van der Waals surface area contributed by atoms with Crippen LogP contribution in [0.25, 0.3) is 43.7 Å². The number of para-hydroxylation sites is 1. The van der Waals surface area contributed by atoms with Crippen LogP contribution in [0.3, 0.4) is 0 Å². The Morgan fingerprint density at radius 2 is 1.19 bits per heavy atom. The first-order chi connectivity index (χ1) is 28.1. The molecule has 0 fully saturated rings. The number of aliphatic imine (C=N–C) groups is 2. The number of fused-ring (bicyclic) bond motifs is 17. The zero-order chi connectivity index (χ0) is 37.5. The minimum absolute atomic E-state index is 0.0258. The van der Waals surface area contributed by atoms with E-state index in [0.29, 0.717) is 0 Å². The van der Waals surface area contributed by atoms with E-state index in [1.54, 1.807) is 0 Å². The molecule has 0 radical (unpaired) electrons. The van der Waals surface area contributed by atoms with E-state index in [9.17, 15) is 0 Å². The van der Waals surface area contributed by atoms with Gasteiger partial charge in [0.15, 0.2) is 0 Å². The maximum atomic E-state index is 5.81. The first-order valence-electron chi connectivity index (χ1n) is 19.6. The third-order valence-corrected chi connectivity index (χ3v) is 15.6. The van der Waals surface area contributed by atoms with Crippen molar-refractivity contribution >= 4 is 67.8 Å². The Labute approximate surface area is 338 Å². The van der Waals surface area contributed by atoms with Crippen LogP contribution in [0.4, 0.5) is 0 Å². The number of hydrogen-bond donors (Lipinski definition) is 0. The van der Waals surface area contributed by atoms with Gasteiger partial charge in [-0.15, -0.1) is 11.8 Å². The molecule has 2 atom stereocenters. The molecule has 3 nitrogen and oxygen atoms in total. The van der Waals surface area contributed by atoms with Crippen molar-refractivity contribution in [1.29, 1.82) is 0 Å². The molecule has 4 aliphatic rings. The standard InChI is InChI=1S/C52H33N3S2/c1-51-40-21-9-12-24-44(40)57-49(51)46(33-27-26-31-14-2-3-15-32(31)30-33)53-50(54-51)55-43-23-11-6-18-36(43)37-28-29-42-48(47(37)55)56-45-25-13-10-22-41(45)52(42)38-19-7-4-16-34(38)35-17-5-8-20-39(35)52/h2-30,49H,1H3. The lowest BCUT2D eigenvalue weighted by Gasteiger charge is -2.40. The maximum absolute atomic E-state index is 5.81. The highest BCUT2D eigenvalue weighted by Crippen LogP contribution is 2.63. The van der Waals surface area contributed by atoms with Gasteiger partial charge in [0.25, 0.3) is 0 Å². The summed E-state index contributed by atoms with van der Waals surface area (Å²) in [5, 5.41) is 4.89. The van der Waals surface area contributed by atoms with Crippen molar-refractivity contribution in [2.24, 2.45) is 9.98 Å². The second-order valence-corrected chi connectivity index (χ2v) is 17.9. The Hall–Kier alpha value is -6.14. The molecule has 0 bridgehead atoms. The first-order valence-corrected chi connectivity index (χ1v) is 21.3. The van der Waals surface area contributed by atoms with Crippen LogP contribution in [-0.4, -0.2) is 21.5 Å². The molecule has 4 heterocycles. The summed E-state index contributed by atoms with van der Waals surface area (Å²) in [6.07, 6.45) is 0. The summed E-state index contributed by atoms with van der Waals surface area (Å²) in [6, 6.07) is 65.0. The minimum atomic E-state index is -0.532. The van der Waals surface area contributed by atoms with E-state index < -0.39 is 11.0 Å². The third kappa shape index (κ3) is 4.10. The third-order valence-electron chi connectivity index (χ3n) is 12.9. The van der Waals surface area contributed by atoms with Gasteiger partial charge in [0, 0.05) is 25.5 Å². The lowest BCUT2D eigenvalue weighted by atomic mass is 9.67. The molecule has 1 spiro atoms. The summed E-state index contributed by atoms with van der Waals surface area (Å²) in [5.41, 5.74) is 12.7. The van der Waals surface area contributed by atoms with Gasteiger partial charge in [-0.25, -0.2) is 9.98 Å². The van der Waals surface area contributed by atoms with E-state index in [2.05, 4.69) is 187 Å². The molecule has 0 saturated heterocycles. The van der Waals surface area contributed by atoms with Crippen molar-refractivity contribution in [2.45, 2.75) is 37.8 Å². The van der Waals surface area contributed by atoms with E-state index >= 15 is 0 Å². The second kappa shape index (κ2) is 11.5. The van der Waals surface area contributed by atoms with Crippen LogP contribution in [0.1, 0.15) is 40.3 Å². The topological polar surface area (TPSA) is 29.6 Å². The summed E-state index contributed by atoms with van der Waals surface area (Å²) >= 11 is 3.79. The Morgan fingerprint density at radius 3 is 2.00 bits per heavy atom. The van der Waals surface area contributed by atoms with Gasteiger partial charge in [-0.2, -0.15) is 0 Å². The molecule has 5 heteroatoms. The molecular formula is C52H33N3S2. The largest absolute Gasteiger partial charge is 0.277 e. The van der Waals surface area contributed by atoms with Crippen molar-refractivity contribution in [2.75, 3.05) is 0 Å². The van der Waals surface area contributed by atoms with Gasteiger partial charge < -0.3 is 0 Å². The van der Waals surface area contributed by atoms with Crippen molar-refractivity contribution < 1.29 is 0 Å². The monoisotopic (exact) mass is 763 g/mol. The molecule has 2 unspecified atom stereocenters. The molecule has 9 aromatic rings. The van der Waals surface area contributed by atoms with E-state index in [1.807, 2.05) is 23.5 Å². The Morgan fingerprint density at radius 1 is 0.544 bits per heavy atom. The molecule has 1 aromatic heterocycles. The van der Waals surface area contributed by atoms with Gasteiger partial charge in [-0.3, -0.25) is 4.57 Å². The van der Waals surface area contributed by atoms with Crippen molar-refractivity contribution in [3.8, 4) is 11.1 Å². The molecule has 0 amide bonds. The zero-order valence-electron chi connectivity index (χ0n) is 31.0. The van der Waals surface area contributed by atoms with Gasteiger partial charge in [0.2, 0.25) is 5.96 Å². The fourth-order valence-electron chi connectivity index (χ4n) is 10.4. The Balaban J connectivity index is 1.15. The fourth-order valence-corrected chi connectivity index (χ4v) is 13.3. The molecule has 1 aliphatic carbocycles. The molecular weight excluding hydrogens is 731 g/mol. The van der Waals surface area contributed by atoms with Gasteiger partial charge in [-0.1, -0.05) is 163 Å². The highest BCUT2D eigenvalue weighted by atomic mass is 32.2. The van der Waals surface area contributed by atoms with Gasteiger partial charge >= 0.3 is 0 Å². The number of rotatable bonds is 1. The molecule has 0 saturated carbocycles. The predicted molar refractivity (Wildman–Crippen MR) is 238 cm³/mol. The quantitative estimate of drug-likeness (QED) is 0.167. The van der Waals surface area contributed by atoms with Crippen LogP contribution in [0.5, 0.6) is 0 Å². The lowest BCUT2D eigenvalue weighted by molar-refractivity contribution is 0.527. The van der Waals surface area contributed by atoms with E-state index in [0.717, 1.165) is 28.3 Å². The highest BCUT2D eigenvalue weighted by Gasteiger charge is 2.52. The molecule has 57 heavy (non-hydrogen) atoms. The van der Waals surface area contributed by atoms with Crippen molar-refractivity contribution in [3.63, 3.8) is 0 Å².